The topological polar surface area (TPSA) is 38.0 Å². The normalized spacial score (nSPS) is 18.0. The zero-order valence-electron chi connectivity index (χ0n) is 16.4. The molecule has 3 N–H and O–H groups in total. The summed E-state index contributed by atoms with van der Waals surface area (Å²) < 4.78 is 43.7. The Morgan fingerprint density at radius 2 is 1.37 bits per heavy atom. The van der Waals surface area contributed by atoms with Crippen LogP contribution in [0.15, 0.2) is 4.90 Å². The van der Waals surface area contributed by atoms with Crippen molar-refractivity contribution in [3.63, 3.8) is 0 Å². The maximum absolute atomic E-state index is 15.0. The standard InChI is InChI=1S/C21H33F3N2S/c1-2-12-16-17(22)19(24)21(27-25)20(18(16)23)26-15-13-10-8-6-4-3-5-7-9-11-14-15/h15,26H,2-14,25H2,1H3. The predicted molar refractivity (Wildman–Crippen MR) is 109 cm³/mol. The fourth-order valence-corrected chi connectivity index (χ4v) is 4.37. The highest BCUT2D eigenvalue weighted by Crippen LogP contribution is 2.36. The van der Waals surface area contributed by atoms with Crippen LogP contribution in [0.4, 0.5) is 18.9 Å². The van der Waals surface area contributed by atoms with Gasteiger partial charge in [0.1, 0.15) is 0 Å². The molecule has 0 atom stereocenters. The molecular formula is C21H33F3N2S. The lowest BCUT2D eigenvalue weighted by atomic mass is 9.97. The summed E-state index contributed by atoms with van der Waals surface area (Å²) in [7, 11) is 0. The van der Waals surface area contributed by atoms with E-state index in [-0.39, 0.29) is 28.6 Å². The van der Waals surface area contributed by atoms with Crippen molar-refractivity contribution in [3.05, 3.63) is 23.0 Å². The highest BCUT2D eigenvalue weighted by molar-refractivity contribution is 7.97. The molecule has 2 rings (SSSR count). The summed E-state index contributed by atoms with van der Waals surface area (Å²) in [6.45, 7) is 1.82. The number of benzene rings is 1. The van der Waals surface area contributed by atoms with E-state index >= 15 is 4.39 Å². The van der Waals surface area contributed by atoms with E-state index < -0.39 is 17.5 Å². The van der Waals surface area contributed by atoms with Crippen LogP contribution in [0.2, 0.25) is 0 Å². The maximum atomic E-state index is 15.0. The fraction of sp³-hybridized carbons (Fsp3) is 0.714. The van der Waals surface area contributed by atoms with Crippen LogP contribution in [0.1, 0.15) is 89.5 Å². The molecule has 154 valence electrons. The van der Waals surface area contributed by atoms with Crippen molar-refractivity contribution in [1.29, 1.82) is 0 Å². The van der Waals surface area contributed by atoms with E-state index in [9.17, 15) is 8.78 Å². The summed E-state index contributed by atoms with van der Waals surface area (Å²) in [5.41, 5.74) is -0.134. The lowest BCUT2D eigenvalue weighted by Crippen LogP contribution is -2.22. The van der Waals surface area contributed by atoms with Crippen LogP contribution in [-0.2, 0) is 6.42 Å². The number of rotatable bonds is 5. The molecule has 2 nitrogen and oxygen atoms in total. The van der Waals surface area contributed by atoms with Gasteiger partial charge < -0.3 is 5.32 Å². The van der Waals surface area contributed by atoms with E-state index in [1.807, 2.05) is 6.92 Å². The predicted octanol–water partition coefficient (Wildman–Crippen LogP) is 7.11. The van der Waals surface area contributed by atoms with Crippen molar-refractivity contribution < 1.29 is 13.2 Å². The summed E-state index contributed by atoms with van der Waals surface area (Å²) in [6, 6.07) is 0.0594. The Labute approximate surface area is 166 Å². The number of nitrogens with two attached hydrogens (primary N) is 1. The van der Waals surface area contributed by atoms with Gasteiger partial charge in [0, 0.05) is 11.6 Å². The molecule has 0 amide bonds. The fourth-order valence-electron chi connectivity index (χ4n) is 3.91. The molecule has 1 aromatic rings. The van der Waals surface area contributed by atoms with Crippen LogP contribution in [0, 0.1) is 17.5 Å². The van der Waals surface area contributed by atoms with E-state index in [0.717, 1.165) is 38.5 Å². The van der Waals surface area contributed by atoms with Crippen molar-refractivity contribution in [2.45, 2.75) is 101 Å². The first-order chi connectivity index (χ1) is 13.1. The minimum atomic E-state index is -1.11. The quantitative estimate of drug-likeness (QED) is 0.407. The third-order valence-corrected chi connectivity index (χ3v) is 6.06. The lowest BCUT2D eigenvalue weighted by Gasteiger charge is -2.24. The number of hydrogen-bond donors (Lipinski definition) is 2. The van der Waals surface area contributed by atoms with Crippen LogP contribution in [-0.4, -0.2) is 6.04 Å². The average molecular weight is 403 g/mol. The second-order valence-electron chi connectivity index (χ2n) is 7.59. The highest BCUT2D eigenvalue weighted by Gasteiger charge is 2.26. The van der Waals surface area contributed by atoms with E-state index in [2.05, 4.69) is 5.32 Å². The van der Waals surface area contributed by atoms with E-state index in [0.29, 0.717) is 18.4 Å². The molecule has 0 heterocycles. The van der Waals surface area contributed by atoms with E-state index in [4.69, 9.17) is 5.14 Å². The van der Waals surface area contributed by atoms with E-state index in [1.165, 1.54) is 32.1 Å². The molecule has 0 spiro atoms. The molecule has 1 fully saturated rings. The largest absolute Gasteiger partial charge is 0.379 e. The van der Waals surface area contributed by atoms with Gasteiger partial charge in [0.2, 0.25) is 0 Å². The molecule has 0 bridgehead atoms. The molecule has 0 aromatic heterocycles. The summed E-state index contributed by atoms with van der Waals surface area (Å²) in [4.78, 5) is -0.157. The molecule has 6 heteroatoms. The number of hydrogen-bond acceptors (Lipinski definition) is 3. The van der Waals surface area contributed by atoms with Gasteiger partial charge in [-0.1, -0.05) is 71.1 Å². The van der Waals surface area contributed by atoms with Gasteiger partial charge in [-0.3, -0.25) is 5.14 Å². The van der Waals surface area contributed by atoms with Gasteiger partial charge in [0.15, 0.2) is 17.5 Å². The molecule has 0 aliphatic heterocycles. The Kier molecular flexibility index (Phi) is 9.83. The smallest absolute Gasteiger partial charge is 0.176 e. The number of nitrogens with one attached hydrogen (secondary N) is 1. The van der Waals surface area contributed by atoms with Gasteiger partial charge in [-0.05, 0) is 31.2 Å². The van der Waals surface area contributed by atoms with Gasteiger partial charge in [0.25, 0.3) is 0 Å². The number of anilines is 1. The summed E-state index contributed by atoms with van der Waals surface area (Å²) in [5.74, 6) is -2.83. The first kappa shape index (κ1) is 22.4. The molecule has 0 unspecified atom stereocenters. The molecule has 1 saturated carbocycles. The first-order valence-corrected chi connectivity index (χ1v) is 11.3. The highest BCUT2D eigenvalue weighted by atomic mass is 32.2. The van der Waals surface area contributed by atoms with Crippen molar-refractivity contribution in [2.75, 3.05) is 5.32 Å². The molecule has 0 saturated heterocycles. The Bertz CT molecular complexity index is 584. The van der Waals surface area contributed by atoms with Crippen molar-refractivity contribution in [3.8, 4) is 0 Å². The van der Waals surface area contributed by atoms with Crippen LogP contribution in [0.25, 0.3) is 0 Å². The van der Waals surface area contributed by atoms with Crippen molar-refractivity contribution in [1.82, 2.24) is 0 Å². The molecule has 1 aliphatic rings. The molecule has 27 heavy (non-hydrogen) atoms. The van der Waals surface area contributed by atoms with Crippen molar-refractivity contribution in [2.24, 2.45) is 5.14 Å². The summed E-state index contributed by atoms with van der Waals surface area (Å²) >= 11 is 0.571. The molecule has 1 aliphatic carbocycles. The monoisotopic (exact) mass is 402 g/mol. The Morgan fingerprint density at radius 1 is 0.852 bits per heavy atom. The van der Waals surface area contributed by atoms with Gasteiger partial charge >= 0.3 is 0 Å². The summed E-state index contributed by atoms with van der Waals surface area (Å²) in [5, 5.41) is 8.77. The van der Waals surface area contributed by atoms with Crippen molar-refractivity contribution >= 4 is 17.6 Å². The average Bonchev–Trinajstić information content (AvgIpc) is 2.65. The zero-order chi connectivity index (χ0) is 19.6. The first-order valence-electron chi connectivity index (χ1n) is 10.4. The lowest BCUT2D eigenvalue weighted by molar-refractivity contribution is 0.457. The second kappa shape index (κ2) is 11.8. The van der Waals surface area contributed by atoms with E-state index in [1.54, 1.807) is 0 Å². The molecular weight excluding hydrogens is 369 g/mol. The minimum absolute atomic E-state index is 0.0435. The second-order valence-corrected chi connectivity index (χ2v) is 8.24. The van der Waals surface area contributed by atoms with Gasteiger partial charge in [-0.25, -0.2) is 13.2 Å². The minimum Gasteiger partial charge on any atom is -0.379 e. The van der Waals surface area contributed by atoms with Gasteiger partial charge in [-0.15, -0.1) is 0 Å². The summed E-state index contributed by atoms with van der Waals surface area (Å²) in [6.07, 6.45) is 13.4. The van der Waals surface area contributed by atoms with Crippen LogP contribution >= 0.6 is 11.9 Å². The van der Waals surface area contributed by atoms with Gasteiger partial charge in [0.05, 0.1) is 10.6 Å². The Morgan fingerprint density at radius 3 is 1.85 bits per heavy atom. The Hall–Kier alpha value is -0.880. The van der Waals surface area contributed by atoms with Crippen LogP contribution in [0.3, 0.4) is 0 Å². The van der Waals surface area contributed by atoms with Crippen LogP contribution in [0.5, 0.6) is 0 Å². The third kappa shape index (κ3) is 6.31. The van der Waals surface area contributed by atoms with Crippen LogP contribution < -0.4 is 10.5 Å². The molecule has 0 radical (unpaired) electrons. The zero-order valence-corrected chi connectivity index (χ0v) is 17.2. The van der Waals surface area contributed by atoms with Gasteiger partial charge in [-0.2, -0.15) is 0 Å². The SMILES string of the molecule is CCCc1c(F)c(F)c(SN)c(NC2CCCCCCCCCCC2)c1F. The number of halogens is 3. The third-order valence-electron chi connectivity index (χ3n) is 5.44. The maximum Gasteiger partial charge on any atom is 0.176 e. The Balaban J connectivity index is 2.23. The molecule has 1 aromatic carbocycles.